The number of halogens is 1. The van der Waals surface area contributed by atoms with E-state index in [1.54, 1.807) is 37.3 Å². The number of aromatic amines is 1. The number of aromatic nitrogens is 1. The molecule has 7 nitrogen and oxygen atoms in total. The molecule has 0 aliphatic carbocycles. The lowest BCUT2D eigenvalue weighted by Crippen LogP contribution is -2.31. The van der Waals surface area contributed by atoms with Gasteiger partial charge in [-0.15, -0.1) is 0 Å². The summed E-state index contributed by atoms with van der Waals surface area (Å²) in [7, 11) is -2.59. The van der Waals surface area contributed by atoms with Crippen molar-refractivity contribution in [2.24, 2.45) is 0 Å². The summed E-state index contributed by atoms with van der Waals surface area (Å²) < 4.78 is 34.1. The highest BCUT2D eigenvalue weighted by molar-refractivity contribution is 7.93. The van der Waals surface area contributed by atoms with Gasteiger partial charge in [0.05, 0.1) is 29.9 Å². The third kappa shape index (κ3) is 4.22. The number of methoxy groups -OCH3 is 1. The van der Waals surface area contributed by atoms with Crippen molar-refractivity contribution in [2.75, 3.05) is 18.0 Å². The molecule has 34 heavy (non-hydrogen) atoms. The second-order valence-corrected chi connectivity index (χ2v) is 9.82. The molecule has 0 spiro atoms. The number of anilines is 1. The lowest BCUT2D eigenvalue weighted by Gasteiger charge is -2.25. The van der Waals surface area contributed by atoms with Crippen molar-refractivity contribution in [1.29, 1.82) is 0 Å². The first kappa shape index (κ1) is 23.7. The predicted octanol–water partition coefficient (Wildman–Crippen LogP) is 5.34. The Labute approximate surface area is 202 Å². The van der Waals surface area contributed by atoms with Gasteiger partial charge in [0.25, 0.3) is 10.0 Å². The average Bonchev–Trinajstić information content (AvgIpc) is 3.17. The summed E-state index contributed by atoms with van der Waals surface area (Å²) in [4.78, 5) is 14.7. The summed E-state index contributed by atoms with van der Waals surface area (Å²) in [6, 6.07) is 18.9. The largest absolute Gasteiger partial charge is 0.495 e. The van der Waals surface area contributed by atoms with E-state index in [0.717, 1.165) is 10.9 Å². The zero-order valence-electron chi connectivity index (χ0n) is 18.6. The minimum Gasteiger partial charge on any atom is -0.495 e. The SMILES string of the molecule is CCN(c1ccccc1OC)S(=O)(=O)c1cc(-c2[nH]c3ccccc3c2CC(=O)O)ccc1Cl. The molecule has 0 atom stereocenters. The van der Waals surface area contributed by atoms with Gasteiger partial charge in [0.1, 0.15) is 10.6 Å². The van der Waals surface area contributed by atoms with Gasteiger partial charge in [-0.3, -0.25) is 9.10 Å². The molecule has 4 rings (SSSR count). The highest BCUT2D eigenvalue weighted by Crippen LogP contribution is 2.37. The van der Waals surface area contributed by atoms with E-state index in [-0.39, 0.29) is 22.9 Å². The quantitative estimate of drug-likeness (QED) is 0.341. The topological polar surface area (TPSA) is 99.7 Å². The fraction of sp³-hybridized carbons (Fsp3) is 0.160. The maximum Gasteiger partial charge on any atom is 0.307 e. The molecule has 176 valence electrons. The Morgan fingerprint density at radius 2 is 1.79 bits per heavy atom. The van der Waals surface area contributed by atoms with Gasteiger partial charge >= 0.3 is 5.97 Å². The van der Waals surface area contributed by atoms with Crippen molar-refractivity contribution in [2.45, 2.75) is 18.2 Å². The van der Waals surface area contributed by atoms with Crippen LogP contribution in [0.4, 0.5) is 5.69 Å². The van der Waals surface area contributed by atoms with Crippen LogP contribution < -0.4 is 9.04 Å². The zero-order chi connectivity index (χ0) is 24.5. The van der Waals surface area contributed by atoms with Crippen molar-refractivity contribution in [1.82, 2.24) is 4.98 Å². The van der Waals surface area contributed by atoms with Gasteiger partial charge in [0.15, 0.2) is 0 Å². The van der Waals surface area contributed by atoms with Crippen LogP contribution in [0.2, 0.25) is 5.02 Å². The van der Waals surface area contributed by atoms with Crippen LogP contribution in [0.15, 0.2) is 71.6 Å². The number of rotatable bonds is 8. The summed E-state index contributed by atoms with van der Waals surface area (Å²) in [5.41, 5.74) is 2.79. The predicted molar refractivity (Wildman–Crippen MR) is 133 cm³/mol. The maximum atomic E-state index is 13.8. The van der Waals surface area contributed by atoms with E-state index in [1.807, 2.05) is 24.3 Å². The van der Waals surface area contributed by atoms with Crippen LogP contribution >= 0.6 is 11.6 Å². The Balaban J connectivity index is 1.89. The summed E-state index contributed by atoms with van der Waals surface area (Å²) in [6.07, 6.45) is -0.216. The molecule has 4 aromatic rings. The van der Waals surface area contributed by atoms with E-state index in [2.05, 4.69) is 4.98 Å². The third-order valence-electron chi connectivity index (χ3n) is 5.57. The first-order valence-corrected chi connectivity index (χ1v) is 12.4. The van der Waals surface area contributed by atoms with Crippen LogP contribution in [0, 0.1) is 0 Å². The Morgan fingerprint density at radius 1 is 1.09 bits per heavy atom. The molecule has 1 heterocycles. The van der Waals surface area contributed by atoms with Crippen LogP contribution in [0.1, 0.15) is 12.5 Å². The number of hydrogen-bond acceptors (Lipinski definition) is 4. The van der Waals surface area contributed by atoms with Gasteiger partial charge in [-0.1, -0.05) is 48.0 Å². The Bertz CT molecular complexity index is 1480. The van der Waals surface area contributed by atoms with Crippen LogP contribution in [0.3, 0.4) is 0 Å². The number of benzene rings is 3. The van der Waals surface area contributed by atoms with Crippen molar-refractivity contribution in [3.63, 3.8) is 0 Å². The van der Waals surface area contributed by atoms with E-state index < -0.39 is 16.0 Å². The minimum atomic E-state index is -4.07. The molecular formula is C25H23ClN2O5S. The summed E-state index contributed by atoms with van der Waals surface area (Å²) in [6.45, 7) is 1.88. The number of fused-ring (bicyclic) bond motifs is 1. The molecule has 1 aromatic heterocycles. The van der Waals surface area contributed by atoms with Crippen LogP contribution in [0.25, 0.3) is 22.2 Å². The molecule has 0 saturated heterocycles. The van der Waals surface area contributed by atoms with Crippen LogP contribution in [-0.2, 0) is 21.2 Å². The van der Waals surface area contributed by atoms with Gasteiger partial charge in [0, 0.05) is 17.4 Å². The smallest absolute Gasteiger partial charge is 0.307 e. The molecule has 0 fully saturated rings. The monoisotopic (exact) mass is 498 g/mol. The number of para-hydroxylation sites is 3. The number of hydrogen-bond donors (Lipinski definition) is 2. The van der Waals surface area contributed by atoms with Crippen molar-refractivity contribution in [3.05, 3.63) is 77.3 Å². The van der Waals surface area contributed by atoms with Gasteiger partial charge in [-0.05, 0) is 48.4 Å². The summed E-state index contributed by atoms with van der Waals surface area (Å²) in [5, 5.41) is 10.3. The number of carboxylic acids is 1. The van der Waals surface area contributed by atoms with Crippen molar-refractivity contribution in [3.8, 4) is 17.0 Å². The standard InChI is InChI=1S/C25H23ClN2O5S/c1-3-28(21-10-6-7-11-22(21)33-2)34(31,32)23-14-16(12-13-19(23)26)25-18(15-24(29)30)17-8-4-5-9-20(17)27-25/h4-14,27H,3,15H2,1-2H3,(H,29,30). The number of carboxylic acid groups (broad SMARTS) is 1. The minimum absolute atomic E-state index is 0.0630. The second kappa shape index (κ2) is 9.40. The number of nitrogens with one attached hydrogen (secondary N) is 1. The van der Waals surface area contributed by atoms with Crippen LogP contribution in [0.5, 0.6) is 5.75 Å². The van der Waals surface area contributed by atoms with Gasteiger partial charge < -0.3 is 14.8 Å². The highest BCUT2D eigenvalue weighted by atomic mass is 35.5. The normalized spacial score (nSPS) is 11.5. The fourth-order valence-electron chi connectivity index (χ4n) is 4.06. The third-order valence-corrected chi connectivity index (χ3v) is 7.94. The molecule has 0 bridgehead atoms. The van der Waals surface area contributed by atoms with Crippen molar-refractivity contribution >= 4 is 44.2 Å². The number of carbonyl (C=O) groups is 1. The van der Waals surface area contributed by atoms with Crippen LogP contribution in [-0.4, -0.2) is 38.1 Å². The Morgan fingerprint density at radius 3 is 2.50 bits per heavy atom. The molecule has 2 N–H and O–H groups in total. The first-order chi connectivity index (χ1) is 16.3. The number of ether oxygens (including phenoxy) is 1. The molecule has 0 saturated carbocycles. The lowest BCUT2D eigenvalue weighted by molar-refractivity contribution is -0.136. The van der Waals surface area contributed by atoms with Gasteiger partial charge in [0.2, 0.25) is 0 Å². The molecule has 0 unspecified atom stereocenters. The van der Waals surface area contributed by atoms with E-state index in [4.69, 9.17) is 16.3 Å². The Kier molecular flexibility index (Phi) is 6.54. The lowest BCUT2D eigenvalue weighted by atomic mass is 10.0. The van der Waals surface area contributed by atoms with Gasteiger partial charge in [-0.2, -0.15) is 0 Å². The zero-order valence-corrected chi connectivity index (χ0v) is 20.2. The van der Waals surface area contributed by atoms with E-state index in [0.29, 0.717) is 28.3 Å². The molecule has 0 amide bonds. The first-order valence-electron chi connectivity index (χ1n) is 10.5. The van der Waals surface area contributed by atoms with Gasteiger partial charge in [-0.25, -0.2) is 8.42 Å². The summed E-state index contributed by atoms with van der Waals surface area (Å²) in [5.74, 6) is -0.569. The average molecular weight is 499 g/mol. The summed E-state index contributed by atoms with van der Waals surface area (Å²) >= 11 is 6.39. The Hall–Kier alpha value is -3.49. The highest BCUT2D eigenvalue weighted by Gasteiger charge is 2.29. The number of aliphatic carboxylic acids is 1. The number of nitrogens with zero attached hydrogens (tertiary/aromatic N) is 1. The molecule has 0 radical (unpaired) electrons. The molecule has 0 aliphatic rings. The van der Waals surface area contributed by atoms with E-state index in [1.165, 1.54) is 23.5 Å². The van der Waals surface area contributed by atoms with E-state index >= 15 is 0 Å². The van der Waals surface area contributed by atoms with E-state index in [9.17, 15) is 18.3 Å². The molecule has 9 heteroatoms. The molecule has 0 aliphatic heterocycles. The maximum absolute atomic E-state index is 13.8. The molecule has 3 aromatic carbocycles. The number of H-pyrrole nitrogens is 1. The number of sulfonamides is 1. The van der Waals surface area contributed by atoms with Crippen molar-refractivity contribution < 1.29 is 23.1 Å². The fourth-order valence-corrected chi connectivity index (χ4v) is 6.05. The second-order valence-electron chi connectivity index (χ2n) is 7.58. The molecular weight excluding hydrogens is 476 g/mol.